The Hall–Kier alpha value is -2.44. The smallest absolute Gasteiger partial charge is 0.335 e. The van der Waals surface area contributed by atoms with E-state index in [9.17, 15) is 18.8 Å². The van der Waals surface area contributed by atoms with Gasteiger partial charge in [-0.25, -0.2) is 9.18 Å². The number of nitrogens with one attached hydrogen (secondary N) is 2. The molecule has 0 heterocycles. The van der Waals surface area contributed by atoms with E-state index in [1.54, 1.807) is 13.8 Å². The van der Waals surface area contributed by atoms with Crippen LogP contribution in [0.15, 0.2) is 18.2 Å². The molecule has 1 aromatic rings. The second-order valence-corrected chi connectivity index (χ2v) is 6.38. The quantitative estimate of drug-likeness (QED) is 0.712. The number of amides is 2. The van der Waals surface area contributed by atoms with Gasteiger partial charge in [-0.15, -0.1) is 0 Å². The summed E-state index contributed by atoms with van der Waals surface area (Å²) in [5.41, 5.74) is -0.375. The number of carbonyl (C=O) groups excluding carboxylic acids is 2. The topological polar surface area (TPSA) is 95.5 Å². The Morgan fingerprint density at radius 2 is 1.79 bits per heavy atom. The highest BCUT2D eigenvalue weighted by molar-refractivity contribution is 5.98. The van der Waals surface area contributed by atoms with Gasteiger partial charge in [-0.2, -0.15) is 0 Å². The van der Waals surface area contributed by atoms with Crippen molar-refractivity contribution in [3.63, 3.8) is 0 Å². The minimum atomic E-state index is -1.23. The predicted octanol–water partition coefficient (Wildman–Crippen LogP) is 2.65. The molecule has 3 N–H and O–H groups in total. The van der Waals surface area contributed by atoms with Crippen molar-refractivity contribution < 1.29 is 23.9 Å². The minimum absolute atomic E-state index is 0.142. The molecule has 0 fully saturated rings. The monoisotopic (exact) mass is 338 g/mol. The lowest BCUT2D eigenvalue weighted by Crippen LogP contribution is -2.47. The lowest BCUT2D eigenvalue weighted by molar-refractivity contribution is -0.127. The number of carbonyl (C=O) groups is 3. The Balaban J connectivity index is 2.91. The number of halogens is 1. The van der Waals surface area contributed by atoms with E-state index in [0.717, 1.165) is 18.2 Å². The van der Waals surface area contributed by atoms with Crippen LogP contribution < -0.4 is 10.6 Å². The summed E-state index contributed by atoms with van der Waals surface area (Å²) in [6, 6.07) is 2.28. The molecule has 0 aliphatic rings. The third-order valence-electron chi connectivity index (χ3n) is 3.33. The van der Waals surface area contributed by atoms with E-state index in [2.05, 4.69) is 10.6 Å². The molecule has 0 aliphatic carbocycles. The van der Waals surface area contributed by atoms with Gasteiger partial charge in [0.1, 0.15) is 11.9 Å². The molecular weight excluding hydrogens is 315 g/mol. The Bertz CT molecular complexity index is 629. The summed E-state index contributed by atoms with van der Waals surface area (Å²) in [6.45, 7) is 7.28. The van der Waals surface area contributed by atoms with Crippen LogP contribution in [0.4, 0.5) is 10.1 Å². The molecule has 0 bridgehead atoms. The van der Waals surface area contributed by atoms with E-state index in [1.165, 1.54) is 0 Å². The first-order valence-corrected chi connectivity index (χ1v) is 7.74. The maximum atomic E-state index is 13.8. The molecule has 0 saturated carbocycles. The summed E-state index contributed by atoms with van der Waals surface area (Å²) in [5, 5.41) is 13.9. The first-order chi connectivity index (χ1) is 11.1. The number of benzene rings is 1. The average molecular weight is 338 g/mol. The fourth-order valence-corrected chi connectivity index (χ4v) is 2.10. The molecule has 1 aromatic carbocycles. The van der Waals surface area contributed by atoms with Gasteiger partial charge < -0.3 is 15.7 Å². The number of hydrogen-bond donors (Lipinski definition) is 3. The van der Waals surface area contributed by atoms with Crippen molar-refractivity contribution in [1.82, 2.24) is 5.32 Å². The fraction of sp³-hybridized carbons (Fsp3) is 0.471. The van der Waals surface area contributed by atoms with Crippen LogP contribution in [0.5, 0.6) is 0 Å². The van der Waals surface area contributed by atoms with Crippen molar-refractivity contribution in [2.45, 2.75) is 40.2 Å². The normalized spacial score (nSPS) is 12.1. The molecule has 0 aliphatic heterocycles. The molecule has 1 atom stereocenters. The summed E-state index contributed by atoms with van der Waals surface area (Å²) >= 11 is 0. The minimum Gasteiger partial charge on any atom is -0.478 e. The van der Waals surface area contributed by atoms with Gasteiger partial charge in [0, 0.05) is 6.42 Å². The van der Waals surface area contributed by atoms with Gasteiger partial charge >= 0.3 is 5.97 Å². The van der Waals surface area contributed by atoms with E-state index in [-0.39, 0.29) is 35.4 Å². The third-order valence-corrected chi connectivity index (χ3v) is 3.33. The van der Waals surface area contributed by atoms with Crippen LogP contribution in [0.3, 0.4) is 0 Å². The van der Waals surface area contributed by atoms with Gasteiger partial charge in [-0.1, -0.05) is 27.7 Å². The molecule has 1 unspecified atom stereocenters. The molecule has 1 rings (SSSR count). The average Bonchev–Trinajstić information content (AvgIpc) is 2.45. The maximum absolute atomic E-state index is 13.8. The van der Waals surface area contributed by atoms with Crippen molar-refractivity contribution in [3.05, 3.63) is 29.6 Å². The summed E-state index contributed by atoms with van der Waals surface area (Å²) in [7, 11) is 0. The van der Waals surface area contributed by atoms with E-state index < -0.39 is 23.7 Å². The van der Waals surface area contributed by atoms with Gasteiger partial charge in [0.05, 0.1) is 11.3 Å². The molecule has 0 spiro atoms. The molecule has 24 heavy (non-hydrogen) atoms. The van der Waals surface area contributed by atoms with Gasteiger partial charge in [0.15, 0.2) is 0 Å². The summed E-state index contributed by atoms with van der Waals surface area (Å²) < 4.78 is 13.8. The zero-order valence-electron chi connectivity index (χ0n) is 14.2. The molecular formula is C17H23FN2O4. The molecule has 132 valence electrons. The molecule has 6 nitrogen and oxygen atoms in total. The third kappa shape index (κ3) is 5.64. The van der Waals surface area contributed by atoms with E-state index in [0.29, 0.717) is 0 Å². The lowest BCUT2D eigenvalue weighted by atomic mass is 10.0. The maximum Gasteiger partial charge on any atom is 0.335 e. The second-order valence-electron chi connectivity index (χ2n) is 6.38. The number of carboxylic acids is 1. The Morgan fingerprint density at radius 3 is 2.29 bits per heavy atom. The molecule has 0 saturated heterocycles. The van der Waals surface area contributed by atoms with Crippen LogP contribution in [0.1, 0.15) is 44.5 Å². The van der Waals surface area contributed by atoms with Crippen LogP contribution in [0.25, 0.3) is 0 Å². The molecule has 0 aromatic heterocycles. The van der Waals surface area contributed by atoms with Crippen LogP contribution in [-0.2, 0) is 9.59 Å². The van der Waals surface area contributed by atoms with Crippen molar-refractivity contribution in [2.24, 2.45) is 11.8 Å². The summed E-state index contributed by atoms with van der Waals surface area (Å²) in [6.07, 6.45) is 0.277. The summed E-state index contributed by atoms with van der Waals surface area (Å²) in [5.74, 6) is -2.90. The van der Waals surface area contributed by atoms with Crippen LogP contribution in [0.2, 0.25) is 0 Å². The molecule has 7 heteroatoms. The van der Waals surface area contributed by atoms with Gasteiger partial charge in [-0.05, 0) is 30.0 Å². The number of rotatable bonds is 7. The zero-order valence-corrected chi connectivity index (χ0v) is 14.2. The highest BCUT2D eigenvalue weighted by Crippen LogP contribution is 2.17. The van der Waals surface area contributed by atoms with E-state index in [4.69, 9.17) is 5.11 Å². The number of carboxylic acid groups (broad SMARTS) is 1. The van der Waals surface area contributed by atoms with Gasteiger partial charge in [0.2, 0.25) is 11.8 Å². The van der Waals surface area contributed by atoms with Crippen LogP contribution in [-0.4, -0.2) is 28.9 Å². The lowest BCUT2D eigenvalue weighted by Gasteiger charge is -2.22. The van der Waals surface area contributed by atoms with Crippen LogP contribution in [0, 0.1) is 17.7 Å². The van der Waals surface area contributed by atoms with Crippen molar-refractivity contribution in [2.75, 3.05) is 5.32 Å². The Labute approximate surface area is 140 Å². The van der Waals surface area contributed by atoms with Crippen molar-refractivity contribution >= 4 is 23.5 Å². The number of aromatic carboxylic acids is 1. The Kier molecular flexibility index (Phi) is 6.88. The predicted molar refractivity (Wildman–Crippen MR) is 88.2 cm³/mol. The molecule has 2 amide bonds. The standard InChI is InChI=1S/C17H23FN2O4/c1-9(2)7-14(21)20-15(10(3)4)16(22)19-13-8-11(17(23)24)5-6-12(13)18/h5-6,8-10,15H,7H2,1-4H3,(H,19,22)(H,20,21)(H,23,24). The highest BCUT2D eigenvalue weighted by Gasteiger charge is 2.25. The van der Waals surface area contributed by atoms with Gasteiger partial charge in [0.25, 0.3) is 0 Å². The van der Waals surface area contributed by atoms with Gasteiger partial charge in [-0.3, -0.25) is 9.59 Å². The zero-order chi connectivity index (χ0) is 18.4. The molecule has 0 radical (unpaired) electrons. The van der Waals surface area contributed by atoms with Crippen molar-refractivity contribution in [1.29, 1.82) is 0 Å². The van der Waals surface area contributed by atoms with E-state index in [1.807, 2.05) is 13.8 Å². The SMILES string of the molecule is CC(C)CC(=O)NC(C(=O)Nc1cc(C(=O)O)ccc1F)C(C)C. The fourth-order valence-electron chi connectivity index (χ4n) is 2.10. The summed E-state index contributed by atoms with van der Waals surface area (Å²) in [4.78, 5) is 35.2. The second kappa shape index (κ2) is 8.42. The first kappa shape index (κ1) is 19.6. The largest absolute Gasteiger partial charge is 0.478 e. The Morgan fingerprint density at radius 1 is 1.17 bits per heavy atom. The number of hydrogen-bond acceptors (Lipinski definition) is 3. The van der Waals surface area contributed by atoms with Crippen LogP contribution >= 0.6 is 0 Å². The van der Waals surface area contributed by atoms with E-state index >= 15 is 0 Å². The van der Waals surface area contributed by atoms with Crippen molar-refractivity contribution in [3.8, 4) is 0 Å². The number of anilines is 1. The highest BCUT2D eigenvalue weighted by atomic mass is 19.1. The first-order valence-electron chi connectivity index (χ1n) is 7.74.